The zero-order valence-corrected chi connectivity index (χ0v) is 16.3. The fourth-order valence-corrected chi connectivity index (χ4v) is 2.94. The molecule has 0 radical (unpaired) electrons. The van der Waals surface area contributed by atoms with E-state index in [9.17, 15) is 4.57 Å². The summed E-state index contributed by atoms with van der Waals surface area (Å²) in [5, 5.41) is -0.655. The summed E-state index contributed by atoms with van der Waals surface area (Å²) in [5.41, 5.74) is 2.54. The second-order valence-corrected chi connectivity index (χ2v) is 9.46. The van der Waals surface area contributed by atoms with E-state index >= 15 is 0 Å². The van der Waals surface area contributed by atoms with Gasteiger partial charge in [-0.15, -0.1) is 0 Å². The molecule has 0 aliphatic carbocycles. The lowest BCUT2D eigenvalue weighted by Crippen LogP contribution is -2.27. The van der Waals surface area contributed by atoms with E-state index in [0.717, 1.165) is 18.6 Å². The Kier molecular flexibility index (Phi) is 5.84. The first-order chi connectivity index (χ1) is 9.93. The van der Waals surface area contributed by atoms with Gasteiger partial charge in [0.15, 0.2) is 5.34 Å². The molecule has 0 spiro atoms. The molecular weight excluding hydrogens is 291 g/mol. The lowest BCUT2D eigenvalue weighted by atomic mass is 9.80. The summed E-state index contributed by atoms with van der Waals surface area (Å²) in [6, 6.07) is 6.41. The van der Waals surface area contributed by atoms with Crippen LogP contribution in [0.4, 0.5) is 0 Å². The van der Waals surface area contributed by atoms with E-state index in [1.54, 1.807) is 0 Å². The maximum atomic E-state index is 11.6. The van der Waals surface area contributed by atoms with Crippen LogP contribution in [0.15, 0.2) is 18.2 Å². The van der Waals surface area contributed by atoms with Gasteiger partial charge in [-0.2, -0.15) is 0 Å². The maximum absolute atomic E-state index is 11.6. The largest absolute Gasteiger partial charge is 0.475 e. The Morgan fingerprint density at radius 1 is 1.00 bits per heavy atom. The highest BCUT2D eigenvalue weighted by Crippen LogP contribution is 2.39. The van der Waals surface area contributed by atoms with Gasteiger partial charge in [0.25, 0.3) is 0 Å². The fourth-order valence-electron chi connectivity index (χ4n) is 2.49. The van der Waals surface area contributed by atoms with Crippen molar-refractivity contribution in [3.8, 4) is 5.75 Å². The van der Waals surface area contributed by atoms with E-state index in [2.05, 4.69) is 60.6 Å². The van der Waals surface area contributed by atoms with Gasteiger partial charge in [-0.3, -0.25) is 4.57 Å². The molecule has 3 heteroatoms. The molecular formula is C19H31O2P. The molecule has 0 N–H and O–H groups in total. The summed E-state index contributed by atoms with van der Waals surface area (Å²) >= 11 is 0. The van der Waals surface area contributed by atoms with Crippen LogP contribution in [0.5, 0.6) is 5.75 Å². The van der Waals surface area contributed by atoms with Gasteiger partial charge in [0.1, 0.15) is 5.75 Å². The van der Waals surface area contributed by atoms with Gasteiger partial charge >= 0.3 is 0 Å². The number of hydrogen-bond acceptors (Lipinski definition) is 2. The molecule has 0 fully saturated rings. The van der Waals surface area contributed by atoms with Crippen molar-refractivity contribution in [2.75, 3.05) is 0 Å². The average Bonchev–Trinajstić information content (AvgIpc) is 2.36. The molecule has 1 rings (SSSR count). The molecule has 0 amide bonds. The topological polar surface area (TPSA) is 26.3 Å². The highest BCUT2D eigenvalue weighted by Gasteiger charge is 2.30. The number of benzene rings is 1. The SMILES string of the molecule is CCCC(C)(Oc1ccc(C(C)(C)C)cc1C(C)(C)C)P=O. The number of rotatable bonds is 5. The van der Waals surface area contributed by atoms with E-state index in [-0.39, 0.29) is 19.3 Å². The molecule has 0 bridgehead atoms. The number of ether oxygens (including phenoxy) is 1. The molecule has 0 saturated heterocycles. The lowest BCUT2D eigenvalue weighted by molar-refractivity contribution is 0.163. The van der Waals surface area contributed by atoms with E-state index in [1.807, 2.05) is 13.0 Å². The zero-order chi connectivity index (χ0) is 17.2. The first-order valence-corrected chi connectivity index (χ1v) is 8.93. The quantitative estimate of drug-likeness (QED) is 0.581. The summed E-state index contributed by atoms with van der Waals surface area (Å²) in [6.07, 6.45) is 1.71. The predicted octanol–water partition coefficient (Wildman–Crippen LogP) is 6.47. The Morgan fingerprint density at radius 2 is 1.59 bits per heavy atom. The average molecular weight is 322 g/mol. The third kappa shape index (κ3) is 4.81. The van der Waals surface area contributed by atoms with Crippen molar-refractivity contribution in [2.24, 2.45) is 0 Å². The van der Waals surface area contributed by atoms with Crippen molar-refractivity contribution >= 4 is 8.46 Å². The van der Waals surface area contributed by atoms with Crippen molar-refractivity contribution in [2.45, 2.75) is 84.4 Å². The smallest absolute Gasteiger partial charge is 0.203 e. The summed E-state index contributed by atoms with van der Waals surface area (Å²) in [4.78, 5) is 0. The summed E-state index contributed by atoms with van der Waals surface area (Å²) < 4.78 is 17.8. The summed E-state index contributed by atoms with van der Waals surface area (Å²) in [6.45, 7) is 17.2. The monoisotopic (exact) mass is 322 g/mol. The van der Waals surface area contributed by atoms with Crippen LogP contribution in [-0.2, 0) is 15.4 Å². The van der Waals surface area contributed by atoms with Crippen LogP contribution >= 0.6 is 8.46 Å². The van der Waals surface area contributed by atoms with Crippen molar-refractivity contribution in [1.82, 2.24) is 0 Å². The van der Waals surface area contributed by atoms with Crippen molar-refractivity contribution < 1.29 is 9.30 Å². The molecule has 1 aromatic rings. The Balaban J connectivity index is 3.33. The van der Waals surface area contributed by atoms with Gasteiger partial charge in [-0.1, -0.05) is 67.0 Å². The van der Waals surface area contributed by atoms with Crippen molar-refractivity contribution in [3.63, 3.8) is 0 Å². The standard InChI is InChI=1S/C19H31O2P/c1-9-12-19(8,22-20)21-16-11-10-14(17(2,3)4)13-15(16)18(5,6)7/h10-11,13H,9,12H2,1-8H3. The van der Waals surface area contributed by atoms with Gasteiger partial charge in [0, 0.05) is 0 Å². The number of hydrogen-bond donors (Lipinski definition) is 0. The first kappa shape index (κ1) is 19.2. The first-order valence-electron chi connectivity index (χ1n) is 8.11. The molecule has 0 aliphatic rings. The normalized spacial score (nSPS) is 15.6. The fraction of sp³-hybridized carbons (Fsp3) is 0.684. The zero-order valence-electron chi connectivity index (χ0n) is 15.4. The molecule has 2 nitrogen and oxygen atoms in total. The molecule has 1 aromatic carbocycles. The van der Waals surface area contributed by atoms with Gasteiger partial charge in [-0.05, 0) is 41.4 Å². The minimum absolute atomic E-state index is 0.0243. The highest BCUT2D eigenvalue weighted by molar-refractivity contribution is 7.25. The molecule has 22 heavy (non-hydrogen) atoms. The Hall–Kier alpha value is -0.880. The second-order valence-electron chi connectivity index (χ2n) is 8.33. The Morgan fingerprint density at radius 3 is 2.00 bits per heavy atom. The van der Waals surface area contributed by atoms with Crippen LogP contribution < -0.4 is 4.74 Å². The molecule has 1 atom stereocenters. The summed E-state index contributed by atoms with van der Waals surface area (Å²) in [7, 11) is 0.0383. The van der Waals surface area contributed by atoms with Crippen LogP contribution in [0.25, 0.3) is 0 Å². The molecule has 124 valence electrons. The molecule has 1 unspecified atom stereocenters. The van der Waals surface area contributed by atoms with Crippen LogP contribution in [0.1, 0.15) is 79.4 Å². The van der Waals surface area contributed by atoms with Crippen molar-refractivity contribution in [1.29, 1.82) is 0 Å². The minimum Gasteiger partial charge on any atom is -0.475 e. The van der Waals surface area contributed by atoms with Gasteiger partial charge < -0.3 is 4.74 Å². The molecule has 0 heterocycles. The molecule has 0 aliphatic heterocycles. The van der Waals surface area contributed by atoms with Crippen LogP contribution in [0.3, 0.4) is 0 Å². The lowest BCUT2D eigenvalue weighted by Gasteiger charge is -2.31. The molecule has 0 saturated carbocycles. The summed E-state index contributed by atoms with van der Waals surface area (Å²) in [5.74, 6) is 0.847. The third-order valence-corrected chi connectivity index (χ3v) is 4.59. The van der Waals surface area contributed by atoms with E-state index in [4.69, 9.17) is 4.74 Å². The van der Waals surface area contributed by atoms with E-state index in [1.165, 1.54) is 11.1 Å². The third-order valence-electron chi connectivity index (χ3n) is 3.89. The molecule has 0 aromatic heterocycles. The Bertz CT molecular complexity index is 523. The highest BCUT2D eigenvalue weighted by atomic mass is 31.1. The predicted molar refractivity (Wildman–Crippen MR) is 95.4 cm³/mol. The van der Waals surface area contributed by atoms with Crippen LogP contribution in [0, 0.1) is 0 Å². The second kappa shape index (κ2) is 6.71. The maximum Gasteiger partial charge on any atom is 0.203 e. The van der Waals surface area contributed by atoms with Crippen molar-refractivity contribution in [3.05, 3.63) is 29.3 Å². The Labute approximate surface area is 137 Å². The van der Waals surface area contributed by atoms with Gasteiger partial charge in [0.2, 0.25) is 8.46 Å². The van der Waals surface area contributed by atoms with Crippen LogP contribution in [-0.4, -0.2) is 5.34 Å². The van der Waals surface area contributed by atoms with Crippen LogP contribution in [0.2, 0.25) is 0 Å². The van der Waals surface area contributed by atoms with E-state index in [0.29, 0.717) is 0 Å². The van der Waals surface area contributed by atoms with Gasteiger partial charge in [0.05, 0.1) is 0 Å². The minimum atomic E-state index is -0.655. The van der Waals surface area contributed by atoms with Gasteiger partial charge in [-0.25, -0.2) is 0 Å². The van der Waals surface area contributed by atoms with E-state index < -0.39 is 5.34 Å².